The van der Waals surface area contributed by atoms with Crippen LogP contribution in [0, 0.1) is 0 Å². The number of aromatic amines is 1. The number of carbonyl (C=O) groups excluding carboxylic acids is 1. The van der Waals surface area contributed by atoms with Gasteiger partial charge in [-0.2, -0.15) is 0 Å². The zero-order valence-corrected chi connectivity index (χ0v) is 17.6. The summed E-state index contributed by atoms with van der Waals surface area (Å²) in [4.78, 5) is 20.8. The smallest absolute Gasteiger partial charge is 0.357 e. The van der Waals surface area contributed by atoms with E-state index in [1.165, 1.54) is 0 Å². The third-order valence-corrected chi connectivity index (χ3v) is 4.83. The molecule has 6 nitrogen and oxygen atoms in total. The predicted octanol–water partition coefficient (Wildman–Crippen LogP) is 5.87. The highest BCUT2D eigenvalue weighted by Crippen LogP contribution is 2.37. The molecule has 0 spiro atoms. The number of ether oxygens (including phenoxy) is 3. The first-order chi connectivity index (χ1) is 14.5. The van der Waals surface area contributed by atoms with Gasteiger partial charge < -0.3 is 19.2 Å². The van der Waals surface area contributed by atoms with Crippen molar-refractivity contribution in [3.8, 4) is 11.6 Å². The Morgan fingerprint density at radius 1 is 1.13 bits per heavy atom. The number of rotatable bonds is 6. The average molecular weight is 425 g/mol. The molecule has 0 aliphatic heterocycles. The van der Waals surface area contributed by atoms with Gasteiger partial charge in [-0.25, -0.2) is 9.78 Å². The number of fused-ring (bicyclic) bond motifs is 3. The number of hydrogen-bond acceptors (Lipinski definition) is 5. The maximum absolute atomic E-state index is 12.9. The van der Waals surface area contributed by atoms with Gasteiger partial charge in [0, 0.05) is 34.0 Å². The SMILES string of the molecule is COCc1c(C(=O)OC(C)C)nc(Oc2ccc(Cl)cc2)c2[nH]c3ccccc3c12. The minimum Gasteiger partial charge on any atom is -0.458 e. The van der Waals surface area contributed by atoms with Crippen molar-refractivity contribution < 1.29 is 19.0 Å². The molecule has 2 heterocycles. The highest BCUT2D eigenvalue weighted by atomic mass is 35.5. The summed E-state index contributed by atoms with van der Waals surface area (Å²) >= 11 is 5.98. The second-order valence-corrected chi connectivity index (χ2v) is 7.54. The van der Waals surface area contributed by atoms with E-state index in [4.69, 9.17) is 25.8 Å². The largest absolute Gasteiger partial charge is 0.458 e. The van der Waals surface area contributed by atoms with Gasteiger partial charge in [-0.05, 0) is 44.2 Å². The molecule has 0 atom stereocenters. The summed E-state index contributed by atoms with van der Waals surface area (Å²) in [7, 11) is 1.58. The van der Waals surface area contributed by atoms with Gasteiger partial charge in [-0.3, -0.25) is 0 Å². The number of benzene rings is 2. The van der Waals surface area contributed by atoms with Crippen LogP contribution in [0.3, 0.4) is 0 Å². The van der Waals surface area contributed by atoms with E-state index < -0.39 is 5.97 Å². The number of H-pyrrole nitrogens is 1. The third-order valence-electron chi connectivity index (χ3n) is 4.57. The van der Waals surface area contributed by atoms with Crippen molar-refractivity contribution in [3.05, 3.63) is 64.8 Å². The van der Waals surface area contributed by atoms with Gasteiger partial charge in [0.25, 0.3) is 0 Å². The summed E-state index contributed by atoms with van der Waals surface area (Å²) in [5, 5.41) is 2.37. The molecule has 0 radical (unpaired) electrons. The Hall–Kier alpha value is -3.09. The monoisotopic (exact) mass is 424 g/mol. The Morgan fingerprint density at radius 2 is 1.87 bits per heavy atom. The van der Waals surface area contributed by atoms with Crippen LogP contribution in [0.15, 0.2) is 48.5 Å². The van der Waals surface area contributed by atoms with Gasteiger partial charge in [-0.1, -0.05) is 29.8 Å². The van der Waals surface area contributed by atoms with E-state index in [0.29, 0.717) is 21.9 Å². The van der Waals surface area contributed by atoms with Crippen LogP contribution in [-0.2, 0) is 16.1 Å². The maximum Gasteiger partial charge on any atom is 0.357 e. The predicted molar refractivity (Wildman–Crippen MR) is 116 cm³/mol. The second-order valence-electron chi connectivity index (χ2n) is 7.11. The number of carbonyl (C=O) groups is 1. The number of halogens is 1. The van der Waals surface area contributed by atoms with E-state index in [0.717, 1.165) is 16.3 Å². The van der Waals surface area contributed by atoms with Crippen LogP contribution in [0.4, 0.5) is 0 Å². The molecular weight excluding hydrogens is 404 g/mol. The molecule has 0 saturated carbocycles. The summed E-state index contributed by atoms with van der Waals surface area (Å²) in [6.07, 6.45) is -0.283. The van der Waals surface area contributed by atoms with Gasteiger partial charge in [-0.15, -0.1) is 0 Å². The third kappa shape index (κ3) is 3.84. The molecule has 0 bridgehead atoms. The van der Waals surface area contributed by atoms with Crippen molar-refractivity contribution in [2.75, 3.05) is 7.11 Å². The number of methoxy groups -OCH3 is 1. The van der Waals surface area contributed by atoms with E-state index in [9.17, 15) is 4.79 Å². The molecule has 0 fully saturated rings. The summed E-state index contributed by atoms with van der Waals surface area (Å²) < 4.78 is 16.9. The van der Waals surface area contributed by atoms with Gasteiger partial charge >= 0.3 is 5.97 Å². The summed E-state index contributed by atoms with van der Waals surface area (Å²) in [6.45, 7) is 3.79. The van der Waals surface area contributed by atoms with Crippen molar-refractivity contribution in [1.82, 2.24) is 9.97 Å². The molecule has 4 rings (SSSR count). The summed E-state index contributed by atoms with van der Waals surface area (Å²) in [6, 6.07) is 14.8. The summed E-state index contributed by atoms with van der Waals surface area (Å²) in [5.74, 6) is 0.304. The maximum atomic E-state index is 12.9. The number of nitrogens with zero attached hydrogens (tertiary/aromatic N) is 1. The van der Waals surface area contributed by atoms with Crippen molar-refractivity contribution in [2.45, 2.75) is 26.6 Å². The van der Waals surface area contributed by atoms with Crippen molar-refractivity contribution in [1.29, 1.82) is 0 Å². The molecule has 1 N–H and O–H groups in total. The van der Waals surface area contributed by atoms with Gasteiger partial charge in [0.1, 0.15) is 11.3 Å². The highest BCUT2D eigenvalue weighted by molar-refractivity contribution is 6.30. The molecule has 0 saturated heterocycles. The van der Waals surface area contributed by atoms with Gasteiger partial charge in [0.05, 0.1) is 12.7 Å². The fourth-order valence-corrected chi connectivity index (χ4v) is 3.50. The fourth-order valence-electron chi connectivity index (χ4n) is 3.37. The van der Waals surface area contributed by atoms with Crippen LogP contribution in [0.25, 0.3) is 21.8 Å². The van der Waals surface area contributed by atoms with Crippen molar-refractivity contribution >= 4 is 39.4 Å². The van der Waals surface area contributed by atoms with Crippen LogP contribution in [0.5, 0.6) is 11.6 Å². The zero-order chi connectivity index (χ0) is 21.3. The normalized spacial score (nSPS) is 11.4. The van der Waals surface area contributed by atoms with E-state index >= 15 is 0 Å². The zero-order valence-electron chi connectivity index (χ0n) is 16.9. The average Bonchev–Trinajstić information content (AvgIpc) is 3.11. The van der Waals surface area contributed by atoms with Crippen molar-refractivity contribution in [2.24, 2.45) is 0 Å². The number of aromatic nitrogens is 2. The van der Waals surface area contributed by atoms with Gasteiger partial charge in [0.15, 0.2) is 5.69 Å². The molecule has 0 unspecified atom stereocenters. The first kappa shape index (κ1) is 20.2. The minimum absolute atomic E-state index is 0.173. The van der Waals surface area contributed by atoms with E-state index in [1.807, 2.05) is 24.3 Å². The minimum atomic E-state index is -0.523. The van der Waals surface area contributed by atoms with Crippen molar-refractivity contribution in [3.63, 3.8) is 0 Å². The van der Waals surface area contributed by atoms with Crippen LogP contribution in [0.2, 0.25) is 5.02 Å². The standard InChI is InChI=1S/C23H21ClN2O4/c1-13(2)29-23(27)20-17(12-28-3)19-16-6-4-5-7-18(16)25-21(19)22(26-20)30-15-10-8-14(24)9-11-15/h4-11,13,25H,12H2,1-3H3. The molecule has 0 amide bonds. The van der Waals surface area contributed by atoms with E-state index in [2.05, 4.69) is 9.97 Å². The Balaban J connectivity index is 1.98. The van der Waals surface area contributed by atoms with Crippen LogP contribution >= 0.6 is 11.6 Å². The van der Waals surface area contributed by atoms with Gasteiger partial charge in [0.2, 0.25) is 5.88 Å². The first-order valence-corrected chi connectivity index (χ1v) is 9.92. The molecule has 0 aliphatic carbocycles. The molecule has 2 aromatic carbocycles. The number of esters is 1. The van der Waals surface area contributed by atoms with Crippen LogP contribution in [0.1, 0.15) is 29.9 Å². The number of pyridine rings is 1. The number of nitrogens with one attached hydrogen (secondary N) is 1. The molecular formula is C23H21ClN2O4. The molecule has 7 heteroatoms. The summed E-state index contributed by atoms with van der Waals surface area (Å²) in [5.41, 5.74) is 2.41. The Bertz CT molecular complexity index is 1220. The molecule has 30 heavy (non-hydrogen) atoms. The Labute approximate surface area is 178 Å². The van der Waals surface area contributed by atoms with Crippen LogP contribution < -0.4 is 4.74 Å². The van der Waals surface area contributed by atoms with Crippen LogP contribution in [-0.4, -0.2) is 29.2 Å². The lowest BCUT2D eigenvalue weighted by molar-refractivity contribution is 0.0365. The number of hydrogen-bond donors (Lipinski definition) is 1. The lowest BCUT2D eigenvalue weighted by atomic mass is 10.1. The van der Waals surface area contributed by atoms with E-state index in [-0.39, 0.29) is 24.3 Å². The first-order valence-electron chi connectivity index (χ1n) is 9.54. The molecule has 2 aromatic heterocycles. The quantitative estimate of drug-likeness (QED) is 0.391. The highest BCUT2D eigenvalue weighted by Gasteiger charge is 2.25. The number of para-hydroxylation sites is 1. The Morgan fingerprint density at radius 3 is 2.57 bits per heavy atom. The van der Waals surface area contributed by atoms with E-state index in [1.54, 1.807) is 45.2 Å². The topological polar surface area (TPSA) is 73.4 Å². The lowest BCUT2D eigenvalue weighted by Crippen LogP contribution is -2.16. The molecule has 154 valence electrons. The second kappa shape index (κ2) is 8.34. The molecule has 0 aliphatic rings. The lowest BCUT2D eigenvalue weighted by Gasteiger charge is -2.14. The fraction of sp³-hybridized carbons (Fsp3) is 0.217. The Kier molecular flexibility index (Phi) is 5.61. The molecule has 4 aromatic rings.